The molecular formula is C20H12N2O4S. The van der Waals surface area contributed by atoms with Gasteiger partial charge in [0.25, 0.3) is 0 Å². The van der Waals surface area contributed by atoms with Gasteiger partial charge in [-0.25, -0.2) is 0 Å². The Morgan fingerprint density at radius 1 is 0.778 bits per heavy atom. The summed E-state index contributed by atoms with van der Waals surface area (Å²) in [5.74, 6) is -0.807. The van der Waals surface area contributed by atoms with E-state index in [1.165, 1.54) is 0 Å². The first-order chi connectivity index (χ1) is 13.2. The number of carbonyl (C=O) groups excluding carboxylic acids is 2. The number of carbonyl (C=O) groups is 2. The monoisotopic (exact) mass is 376 g/mol. The third-order valence-corrected chi connectivity index (χ3v) is 5.11. The molecule has 0 aliphatic rings. The molecule has 1 aromatic heterocycles. The summed E-state index contributed by atoms with van der Waals surface area (Å²) in [5, 5.41) is 25.7. The molecule has 0 aliphatic heterocycles. The molecular weight excluding hydrogens is 364 g/mol. The van der Waals surface area contributed by atoms with Gasteiger partial charge in [0, 0.05) is 16.7 Å². The van der Waals surface area contributed by atoms with Crippen LogP contribution in [0.25, 0.3) is 32.5 Å². The Bertz CT molecular complexity index is 1110. The van der Waals surface area contributed by atoms with Crippen molar-refractivity contribution in [2.75, 3.05) is 0 Å². The number of fused-ring (bicyclic) bond motifs is 1. The lowest BCUT2D eigenvalue weighted by atomic mass is 9.92. The van der Waals surface area contributed by atoms with E-state index in [4.69, 9.17) is 0 Å². The number of phenolic OH excluding ortho intramolecular Hbond substituents is 2. The van der Waals surface area contributed by atoms with Crippen LogP contribution < -0.4 is 0 Å². The molecule has 6 nitrogen and oxygen atoms in total. The zero-order chi connectivity index (χ0) is 19.0. The van der Waals surface area contributed by atoms with Gasteiger partial charge in [-0.1, -0.05) is 53.0 Å². The fourth-order valence-corrected chi connectivity index (χ4v) is 3.87. The molecule has 7 heteroatoms. The van der Waals surface area contributed by atoms with E-state index in [-0.39, 0.29) is 11.1 Å². The average Bonchev–Trinajstić information content (AvgIpc) is 3.18. The molecule has 0 fully saturated rings. The number of nitrogens with zero attached hydrogens (tertiary/aromatic N) is 2. The molecule has 0 atom stereocenters. The van der Waals surface area contributed by atoms with Crippen molar-refractivity contribution in [3.63, 3.8) is 0 Å². The average molecular weight is 376 g/mol. The number of benzene rings is 3. The van der Waals surface area contributed by atoms with E-state index in [9.17, 15) is 19.8 Å². The molecule has 27 heavy (non-hydrogen) atoms. The molecule has 1 heterocycles. The number of phenols is 2. The van der Waals surface area contributed by atoms with Crippen LogP contribution in [-0.4, -0.2) is 32.4 Å². The summed E-state index contributed by atoms with van der Waals surface area (Å²) in [4.78, 5) is 22.9. The van der Waals surface area contributed by atoms with E-state index in [1.807, 2.05) is 0 Å². The predicted molar refractivity (Wildman–Crippen MR) is 102 cm³/mol. The van der Waals surface area contributed by atoms with Crippen LogP contribution in [0.15, 0.2) is 48.5 Å². The third-order valence-electron chi connectivity index (χ3n) is 4.36. The van der Waals surface area contributed by atoms with Crippen LogP contribution in [0.2, 0.25) is 0 Å². The van der Waals surface area contributed by atoms with Crippen molar-refractivity contribution in [3.8, 4) is 33.8 Å². The summed E-state index contributed by atoms with van der Waals surface area (Å²) >= 11 is 1.04. The molecule has 0 aliphatic carbocycles. The summed E-state index contributed by atoms with van der Waals surface area (Å²) in [6.07, 6.45) is 1.36. The van der Waals surface area contributed by atoms with Gasteiger partial charge in [0.2, 0.25) is 0 Å². The summed E-state index contributed by atoms with van der Waals surface area (Å²) in [7, 11) is 0. The highest BCUT2D eigenvalue weighted by Crippen LogP contribution is 2.50. The van der Waals surface area contributed by atoms with E-state index in [0.717, 1.165) is 11.5 Å². The van der Waals surface area contributed by atoms with E-state index in [0.29, 0.717) is 45.0 Å². The van der Waals surface area contributed by atoms with Gasteiger partial charge in [0.05, 0.1) is 10.3 Å². The second kappa shape index (κ2) is 6.62. The number of hydrogen-bond donors (Lipinski definition) is 2. The molecule has 0 radical (unpaired) electrons. The van der Waals surface area contributed by atoms with E-state index in [1.54, 1.807) is 48.5 Å². The first-order valence-electron chi connectivity index (χ1n) is 7.96. The smallest absolute Gasteiger partial charge is 0.168 e. The predicted octanol–water partition coefficient (Wildman–Crippen LogP) is 4.06. The van der Waals surface area contributed by atoms with E-state index in [2.05, 4.69) is 9.59 Å². The van der Waals surface area contributed by atoms with Crippen molar-refractivity contribution in [3.05, 3.63) is 59.7 Å². The number of rotatable bonds is 4. The molecule has 3 aromatic carbocycles. The topological polar surface area (TPSA) is 100 Å². The quantitative estimate of drug-likeness (QED) is 0.411. The zero-order valence-electron chi connectivity index (χ0n) is 13.8. The minimum absolute atomic E-state index is 0.228. The molecule has 0 spiro atoms. The van der Waals surface area contributed by atoms with Gasteiger partial charge in [0.1, 0.15) is 5.52 Å². The van der Waals surface area contributed by atoms with Crippen LogP contribution in [-0.2, 0) is 0 Å². The highest BCUT2D eigenvalue weighted by molar-refractivity contribution is 7.13. The molecule has 4 aromatic rings. The number of aromatic nitrogens is 2. The van der Waals surface area contributed by atoms with Crippen LogP contribution in [0.1, 0.15) is 20.7 Å². The van der Waals surface area contributed by atoms with Crippen LogP contribution in [0.5, 0.6) is 11.5 Å². The SMILES string of the molecule is O=Cc1ccccc1-c1c(O)c(O)c(-c2ccccc2C=O)c2snnc12. The maximum absolute atomic E-state index is 11.4. The molecule has 0 bridgehead atoms. The van der Waals surface area contributed by atoms with Crippen molar-refractivity contribution in [2.24, 2.45) is 0 Å². The Kier molecular flexibility index (Phi) is 4.13. The molecule has 0 unspecified atom stereocenters. The maximum Gasteiger partial charge on any atom is 0.168 e. The molecule has 2 N–H and O–H groups in total. The molecule has 132 valence electrons. The maximum atomic E-state index is 11.4. The van der Waals surface area contributed by atoms with E-state index >= 15 is 0 Å². The van der Waals surface area contributed by atoms with E-state index < -0.39 is 11.5 Å². The van der Waals surface area contributed by atoms with Crippen molar-refractivity contribution in [1.82, 2.24) is 9.59 Å². The van der Waals surface area contributed by atoms with Gasteiger partial charge in [-0.3, -0.25) is 9.59 Å². The van der Waals surface area contributed by atoms with Crippen molar-refractivity contribution < 1.29 is 19.8 Å². The number of hydrogen-bond acceptors (Lipinski definition) is 7. The van der Waals surface area contributed by atoms with Gasteiger partial charge in [-0.05, 0) is 22.7 Å². The summed E-state index contributed by atoms with van der Waals surface area (Å²) < 4.78 is 4.47. The van der Waals surface area contributed by atoms with Gasteiger partial charge >= 0.3 is 0 Å². The largest absolute Gasteiger partial charge is 0.504 e. The third kappa shape index (κ3) is 2.56. The summed E-state index contributed by atoms with van der Waals surface area (Å²) in [6, 6.07) is 13.4. The minimum Gasteiger partial charge on any atom is -0.504 e. The van der Waals surface area contributed by atoms with Gasteiger partial charge in [-0.2, -0.15) is 0 Å². The van der Waals surface area contributed by atoms with Crippen molar-refractivity contribution in [1.29, 1.82) is 0 Å². The second-order valence-corrected chi connectivity index (χ2v) is 6.56. The van der Waals surface area contributed by atoms with Crippen molar-refractivity contribution in [2.45, 2.75) is 0 Å². The number of aromatic hydroxyl groups is 2. The lowest BCUT2D eigenvalue weighted by Gasteiger charge is -2.14. The highest BCUT2D eigenvalue weighted by atomic mass is 32.1. The highest BCUT2D eigenvalue weighted by Gasteiger charge is 2.25. The standard InChI is InChI=1S/C20H12N2O4S/c23-9-11-5-1-3-7-13(11)15-17-20(27-22-21-17)16(19(26)18(15)25)14-8-4-2-6-12(14)10-24/h1-10,25-26H. The van der Waals surface area contributed by atoms with Crippen LogP contribution in [0.4, 0.5) is 0 Å². The van der Waals surface area contributed by atoms with Crippen LogP contribution >= 0.6 is 11.5 Å². The van der Waals surface area contributed by atoms with Gasteiger partial charge in [-0.15, -0.1) is 5.10 Å². The lowest BCUT2D eigenvalue weighted by molar-refractivity contribution is 0.111. The summed E-state index contributed by atoms with van der Waals surface area (Å²) in [5.41, 5.74) is 2.48. The molecule has 4 rings (SSSR count). The molecule has 0 saturated carbocycles. The normalized spacial score (nSPS) is 10.8. The minimum atomic E-state index is -0.416. The fourth-order valence-electron chi connectivity index (χ4n) is 3.13. The van der Waals surface area contributed by atoms with Gasteiger partial charge < -0.3 is 10.2 Å². The Morgan fingerprint density at radius 2 is 1.30 bits per heavy atom. The molecule has 0 saturated heterocycles. The fraction of sp³-hybridized carbons (Fsp3) is 0. The first kappa shape index (κ1) is 16.9. The Labute approximate surface area is 157 Å². The van der Waals surface area contributed by atoms with Gasteiger partial charge in [0.15, 0.2) is 24.1 Å². The Morgan fingerprint density at radius 3 is 1.89 bits per heavy atom. The Balaban J connectivity index is 2.13. The van der Waals surface area contributed by atoms with Crippen molar-refractivity contribution >= 4 is 34.3 Å². The lowest BCUT2D eigenvalue weighted by Crippen LogP contribution is -1.93. The van der Waals surface area contributed by atoms with Crippen LogP contribution in [0.3, 0.4) is 0 Å². The first-order valence-corrected chi connectivity index (χ1v) is 8.73. The zero-order valence-corrected chi connectivity index (χ0v) is 14.6. The second-order valence-electron chi connectivity index (χ2n) is 5.81. The van der Waals surface area contributed by atoms with Crippen LogP contribution in [0, 0.1) is 0 Å². The number of aldehydes is 2. The Hall–Kier alpha value is -3.58. The molecule has 0 amide bonds. The summed E-state index contributed by atoms with van der Waals surface area (Å²) in [6.45, 7) is 0.